The van der Waals surface area contributed by atoms with Gasteiger partial charge in [-0.25, -0.2) is 9.97 Å². The number of hydrogen-bond donors (Lipinski definition) is 1. The number of hydrogen-bond acceptors (Lipinski definition) is 7. The largest absolute Gasteiger partial charge is 0.489 e. The molecule has 1 N–H and O–H groups in total. The minimum Gasteiger partial charge on any atom is -0.489 e. The van der Waals surface area contributed by atoms with Gasteiger partial charge in [0.05, 0.1) is 33.7 Å². The molecule has 4 aromatic rings. The van der Waals surface area contributed by atoms with Crippen LogP contribution in [0.5, 0.6) is 5.75 Å². The van der Waals surface area contributed by atoms with Gasteiger partial charge in [-0.1, -0.05) is 29.6 Å². The zero-order valence-electron chi connectivity index (χ0n) is 17.9. The average Bonchev–Trinajstić information content (AvgIpc) is 3.32. The maximum absolute atomic E-state index is 9.55. The fourth-order valence-corrected chi connectivity index (χ4v) is 4.06. The van der Waals surface area contributed by atoms with Crippen LogP contribution >= 0.6 is 35.1 Å². The summed E-state index contributed by atoms with van der Waals surface area (Å²) in [6.45, 7) is 2.27. The minimum absolute atomic E-state index is 0.144. The number of anilines is 1. The maximum atomic E-state index is 9.55. The molecule has 4 rings (SSSR count). The van der Waals surface area contributed by atoms with Gasteiger partial charge in [0.15, 0.2) is 5.75 Å². The summed E-state index contributed by atoms with van der Waals surface area (Å²) in [7, 11) is 0. The second-order valence-electron chi connectivity index (χ2n) is 7.16. The van der Waals surface area contributed by atoms with Crippen molar-refractivity contribution in [2.24, 2.45) is 0 Å². The first-order chi connectivity index (χ1) is 16.0. The third kappa shape index (κ3) is 5.01. The Balaban J connectivity index is 1.61. The van der Waals surface area contributed by atoms with E-state index in [1.54, 1.807) is 18.3 Å². The first kappa shape index (κ1) is 23.2. The van der Waals surface area contributed by atoms with Gasteiger partial charge in [0.1, 0.15) is 12.7 Å². The molecule has 1 unspecified atom stereocenters. The van der Waals surface area contributed by atoms with Crippen molar-refractivity contribution in [1.82, 2.24) is 19.7 Å². The van der Waals surface area contributed by atoms with E-state index in [4.69, 9.17) is 33.0 Å². The first-order valence-corrected chi connectivity index (χ1v) is 12.2. The number of benzene rings is 2. The van der Waals surface area contributed by atoms with E-state index in [2.05, 4.69) is 20.8 Å². The van der Waals surface area contributed by atoms with E-state index in [0.29, 0.717) is 28.2 Å². The SMILES string of the molecule is CSNc1ncc2cc(-c3ccn(C(C)c4cc(Cl)c(OCCCl)c(C#N)c4)n3)ccc2n1. The van der Waals surface area contributed by atoms with E-state index in [9.17, 15) is 5.26 Å². The van der Waals surface area contributed by atoms with Gasteiger partial charge in [-0.05, 0) is 42.8 Å². The summed E-state index contributed by atoms with van der Waals surface area (Å²) in [6, 6.07) is 13.5. The van der Waals surface area contributed by atoms with Gasteiger partial charge in [0, 0.05) is 29.6 Å². The molecule has 33 heavy (non-hydrogen) atoms. The molecular formula is C23H20Cl2N6OS. The van der Waals surface area contributed by atoms with Crippen LogP contribution in [0.25, 0.3) is 22.2 Å². The van der Waals surface area contributed by atoms with Gasteiger partial charge in [0.25, 0.3) is 0 Å². The van der Waals surface area contributed by atoms with Crippen molar-refractivity contribution < 1.29 is 4.74 Å². The zero-order chi connectivity index (χ0) is 23.4. The molecule has 0 amide bonds. The Kier molecular flexibility index (Phi) is 7.23. The van der Waals surface area contributed by atoms with E-state index in [0.717, 1.165) is 27.7 Å². The van der Waals surface area contributed by atoms with Crippen molar-refractivity contribution in [3.63, 3.8) is 0 Å². The standard InChI is InChI=1S/C23H20Cl2N6OS/c1-14(16-10-17(12-26)22(19(25)11-16)32-8-6-24)31-7-5-21(29-31)15-3-4-20-18(9-15)13-27-23(28-20)30-33-2/h3-5,7,9-11,13-14H,6,8H2,1-2H3,(H,27,28,30). The molecule has 0 saturated heterocycles. The summed E-state index contributed by atoms with van der Waals surface area (Å²) in [5, 5.41) is 15.6. The maximum Gasteiger partial charge on any atom is 0.233 e. The van der Waals surface area contributed by atoms with Crippen molar-refractivity contribution in [1.29, 1.82) is 5.26 Å². The van der Waals surface area contributed by atoms with Crippen LogP contribution in [0.4, 0.5) is 5.95 Å². The molecule has 10 heteroatoms. The van der Waals surface area contributed by atoms with E-state index in [1.807, 2.05) is 48.3 Å². The fourth-order valence-electron chi connectivity index (χ4n) is 3.42. The van der Waals surface area contributed by atoms with Crippen LogP contribution < -0.4 is 9.46 Å². The monoisotopic (exact) mass is 498 g/mol. The quantitative estimate of drug-likeness (QED) is 0.237. The van der Waals surface area contributed by atoms with Gasteiger partial charge >= 0.3 is 0 Å². The highest BCUT2D eigenvalue weighted by Gasteiger charge is 2.17. The number of nitriles is 1. The number of nitrogens with one attached hydrogen (secondary N) is 1. The number of alkyl halides is 1. The Bertz CT molecular complexity index is 1340. The van der Waals surface area contributed by atoms with Crippen LogP contribution in [0.3, 0.4) is 0 Å². The molecule has 0 spiro atoms. The van der Waals surface area contributed by atoms with E-state index >= 15 is 0 Å². The minimum atomic E-state index is -0.144. The summed E-state index contributed by atoms with van der Waals surface area (Å²) in [4.78, 5) is 8.83. The third-order valence-corrected chi connectivity index (χ3v) is 5.89. The first-order valence-electron chi connectivity index (χ1n) is 10.1. The number of ether oxygens (including phenoxy) is 1. The molecule has 7 nitrogen and oxygen atoms in total. The predicted molar refractivity (Wildman–Crippen MR) is 134 cm³/mol. The molecular weight excluding hydrogens is 479 g/mol. The van der Waals surface area contributed by atoms with Crippen molar-refractivity contribution in [3.8, 4) is 23.1 Å². The fraction of sp³-hybridized carbons (Fsp3) is 0.217. The van der Waals surface area contributed by atoms with Gasteiger partial charge in [-0.3, -0.25) is 9.40 Å². The molecule has 0 radical (unpaired) electrons. The lowest BCUT2D eigenvalue weighted by atomic mass is 10.0. The molecule has 0 bridgehead atoms. The summed E-state index contributed by atoms with van der Waals surface area (Å²) in [5.41, 5.74) is 3.86. The van der Waals surface area contributed by atoms with Crippen molar-refractivity contribution in [3.05, 3.63) is 64.9 Å². The van der Waals surface area contributed by atoms with Gasteiger partial charge in [-0.2, -0.15) is 10.4 Å². The van der Waals surface area contributed by atoms with E-state index in [1.165, 1.54) is 11.9 Å². The molecule has 2 heterocycles. The number of fused-ring (bicyclic) bond motifs is 1. The van der Waals surface area contributed by atoms with Crippen LogP contribution in [-0.4, -0.2) is 38.5 Å². The Morgan fingerprint density at radius 2 is 2.12 bits per heavy atom. The summed E-state index contributed by atoms with van der Waals surface area (Å²) in [6.07, 6.45) is 5.63. The van der Waals surface area contributed by atoms with Crippen LogP contribution in [0.15, 0.2) is 48.8 Å². The zero-order valence-corrected chi connectivity index (χ0v) is 20.2. The van der Waals surface area contributed by atoms with Gasteiger partial charge in [0.2, 0.25) is 5.95 Å². The second-order valence-corrected chi connectivity index (χ2v) is 8.56. The molecule has 168 valence electrons. The van der Waals surface area contributed by atoms with E-state index in [-0.39, 0.29) is 12.6 Å². The summed E-state index contributed by atoms with van der Waals surface area (Å²) in [5.74, 6) is 1.24. The highest BCUT2D eigenvalue weighted by molar-refractivity contribution is 7.99. The van der Waals surface area contributed by atoms with Crippen LogP contribution in [0, 0.1) is 11.3 Å². The second kappa shape index (κ2) is 10.3. The molecule has 0 aliphatic rings. The Labute approximate surface area is 205 Å². The van der Waals surface area contributed by atoms with Crippen molar-refractivity contribution >= 4 is 52.0 Å². The number of nitrogens with zero attached hydrogens (tertiary/aromatic N) is 5. The lowest BCUT2D eigenvalue weighted by molar-refractivity contribution is 0.341. The average molecular weight is 499 g/mol. The molecule has 2 aromatic carbocycles. The molecule has 0 fully saturated rings. The normalized spacial score (nSPS) is 11.8. The molecule has 2 aromatic heterocycles. The Hall–Kier alpha value is -2.99. The lowest BCUT2D eigenvalue weighted by Gasteiger charge is -2.16. The Morgan fingerprint density at radius 3 is 2.88 bits per heavy atom. The third-order valence-electron chi connectivity index (χ3n) is 5.07. The molecule has 0 aliphatic heterocycles. The number of rotatable bonds is 8. The molecule has 0 aliphatic carbocycles. The predicted octanol–water partition coefficient (Wildman–Crippen LogP) is 5.94. The van der Waals surface area contributed by atoms with Crippen molar-refractivity contribution in [2.45, 2.75) is 13.0 Å². The Morgan fingerprint density at radius 1 is 1.27 bits per heavy atom. The van der Waals surface area contributed by atoms with Gasteiger partial charge in [-0.15, -0.1) is 11.6 Å². The number of aromatic nitrogens is 4. The van der Waals surface area contributed by atoms with Crippen molar-refractivity contribution in [2.75, 3.05) is 23.5 Å². The number of halogens is 2. The topological polar surface area (TPSA) is 88.6 Å². The highest BCUT2D eigenvalue weighted by Crippen LogP contribution is 2.33. The van der Waals surface area contributed by atoms with Crippen LogP contribution in [0.1, 0.15) is 24.1 Å². The lowest BCUT2D eigenvalue weighted by Crippen LogP contribution is -2.09. The molecule has 1 atom stereocenters. The van der Waals surface area contributed by atoms with E-state index < -0.39 is 0 Å². The summed E-state index contributed by atoms with van der Waals surface area (Å²) < 4.78 is 10.4. The molecule has 0 saturated carbocycles. The van der Waals surface area contributed by atoms with Crippen LogP contribution in [-0.2, 0) is 0 Å². The summed E-state index contributed by atoms with van der Waals surface area (Å²) >= 11 is 13.5. The van der Waals surface area contributed by atoms with Crippen LogP contribution in [0.2, 0.25) is 5.02 Å². The smallest absolute Gasteiger partial charge is 0.233 e. The highest BCUT2D eigenvalue weighted by atomic mass is 35.5. The van der Waals surface area contributed by atoms with Gasteiger partial charge < -0.3 is 4.74 Å².